The Bertz CT molecular complexity index is 669. The van der Waals surface area contributed by atoms with E-state index in [-0.39, 0.29) is 5.91 Å². The first-order chi connectivity index (χ1) is 9.56. The predicted molar refractivity (Wildman–Crippen MR) is 88.1 cm³/mol. The molecule has 3 nitrogen and oxygen atoms in total. The molecule has 0 atom stereocenters. The van der Waals surface area contributed by atoms with Gasteiger partial charge in [0.25, 0.3) is 5.91 Å². The van der Waals surface area contributed by atoms with Crippen molar-refractivity contribution < 1.29 is 4.79 Å². The van der Waals surface area contributed by atoms with E-state index >= 15 is 0 Å². The molecule has 0 bridgehead atoms. The van der Waals surface area contributed by atoms with Crippen molar-refractivity contribution >= 4 is 44.0 Å². The van der Waals surface area contributed by atoms with Crippen LogP contribution in [0.5, 0.6) is 0 Å². The largest absolute Gasteiger partial charge is 0.271 e. The van der Waals surface area contributed by atoms with Gasteiger partial charge in [0, 0.05) is 14.5 Å². The van der Waals surface area contributed by atoms with E-state index in [2.05, 4.69) is 42.4 Å². The molecular formula is C15H12Br2N2O. The van der Waals surface area contributed by atoms with E-state index in [1.165, 1.54) is 0 Å². The van der Waals surface area contributed by atoms with Crippen molar-refractivity contribution in [3.05, 3.63) is 68.1 Å². The second-order valence-corrected chi connectivity index (χ2v) is 5.99. The topological polar surface area (TPSA) is 41.5 Å². The number of rotatable bonds is 3. The molecule has 0 spiro atoms. The third-order valence-electron chi connectivity index (χ3n) is 2.66. The molecule has 1 amide bonds. The van der Waals surface area contributed by atoms with E-state index in [9.17, 15) is 4.79 Å². The van der Waals surface area contributed by atoms with Gasteiger partial charge in [-0.15, -0.1) is 0 Å². The Labute approximate surface area is 134 Å². The van der Waals surface area contributed by atoms with Crippen LogP contribution in [0.25, 0.3) is 0 Å². The van der Waals surface area contributed by atoms with Crippen molar-refractivity contribution in [2.45, 2.75) is 6.92 Å². The summed E-state index contributed by atoms with van der Waals surface area (Å²) in [6, 6.07) is 13.0. The number of hydrogen-bond acceptors (Lipinski definition) is 2. The fraction of sp³-hybridized carbons (Fsp3) is 0.0667. The number of carbonyl (C=O) groups excluding carboxylic acids is 1. The Morgan fingerprint density at radius 1 is 1.20 bits per heavy atom. The van der Waals surface area contributed by atoms with Crippen LogP contribution in [0.4, 0.5) is 0 Å². The number of hydrazone groups is 1. The summed E-state index contributed by atoms with van der Waals surface area (Å²) in [4.78, 5) is 11.9. The second kappa shape index (κ2) is 6.81. The number of hydrogen-bond donors (Lipinski definition) is 1. The van der Waals surface area contributed by atoms with Crippen molar-refractivity contribution in [3.8, 4) is 0 Å². The lowest BCUT2D eigenvalue weighted by Crippen LogP contribution is -2.17. The quantitative estimate of drug-likeness (QED) is 0.611. The van der Waals surface area contributed by atoms with Gasteiger partial charge in [-0.3, -0.25) is 4.79 Å². The molecule has 0 saturated heterocycles. The molecule has 2 aromatic rings. The summed E-state index contributed by atoms with van der Waals surface area (Å²) in [5, 5.41) is 3.96. The lowest BCUT2D eigenvalue weighted by molar-refractivity contribution is 0.0955. The minimum Gasteiger partial charge on any atom is -0.267 e. The maximum absolute atomic E-state index is 11.9. The molecule has 5 heteroatoms. The Kier molecular flexibility index (Phi) is 5.09. The number of amides is 1. The summed E-state index contributed by atoms with van der Waals surface area (Å²) in [7, 11) is 0. The average Bonchev–Trinajstić information content (AvgIpc) is 2.42. The molecule has 0 radical (unpaired) electrons. The molecule has 0 aliphatic heterocycles. The third-order valence-corrected chi connectivity index (χ3v) is 4.01. The van der Waals surface area contributed by atoms with E-state index in [0.29, 0.717) is 5.56 Å². The molecule has 0 saturated carbocycles. The number of carbonyl (C=O) groups is 1. The van der Waals surface area contributed by atoms with Crippen LogP contribution in [-0.4, -0.2) is 12.1 Å². The number of halogens is 2. The predicted octanol–water partition coefficient (Wildman–Crippen LogP) is 4.28. The van der Waals surface area contributed by atoms with Crippen LogP contribution in [0, 0.1) is 6.92 Å². The summed E-state index contributed by atoms with van der Waals surface area (Å²) >= 11 is 6.78. The van der Waals surface area contributed by atoms with E-state index in [1.54, 1.807) is 24.4 Å². The lowest BCUT2D eigenvalue weighted by Gasteiger charge is -2.01. The van der Waals surface area contributed by atoms with Gasteiger partial charge in [0.1, 0.15) is 0 Å². The molecule has 0 unspecified atom stereocenters. The molecule has 20 heavy (non-hydrogen) atoms. The standard InChI is InChI=1S/C15H12Br2N2O/c1-10-5-6-11(7-14(10)17)9-18-19-15(20)12-3-2-4-13(16)8-12/h2-9H,1H3,(H,19,20)/b18-9-. The van der Waals surface area contributed by atoms with Gasteiger partial charge in [-0.25, -0.2) is 5.43 Å². The zero-order valence-corrected chi connectivity index (χ0v) is 13.9. The molecule has 0 aliphatic carbocycles. The zero-order chi connectivity index (χ0) is 14.5. The van der Waals surface area contributed by atoms with E-state index < -0.39 is 0 Å². The first-order valence-corrected chi connectivity index (χ1v) is 7.50. The van der Waals surface area contributed by atoms with E-state index in [4.69, 9.17) is 0 Å². The molecule has 0 fully saturated rings. The highest BCUT2D eigenvalue weighted by Crippen LogP contribution is 2.16. The molecule has 0 heterocycles. The van der Waals surface area contributed by atoms with Crippen molar-refractivity contribution in [2.24, 2.45) is 5.10 Å². The van der Waals surface area contributed by atoms with Gasteiger partial charge in [0.15, 0.2) is 0 Å². The first kappa shape index (κ1) is 14.9. The third kappa shape index (κ3) is 4.02. The van der Waals surface area contributed by atoms with Gasteiger partial charge in [-0.05, 0) is 42.3 Å². The molecule has 0 aliphatic rings. The van der Waals surface area contributed by atoms with Gasteiger partial charge in [0.05, 0.1) is 6.21 Å². The lowest BCUT2D eigenvalue weighted by atomic mass is 10.2. The van der Waals surface area contributed by atoms with Crippen molar-refractivity contribution in [3.63, 3.8) is 0 Å². The fourth-order valence-corrected chi connectivity index (χ4v) is 2.34. The maximum atomic E-state index is 11.9. The molecule has 102 valence electrons. The summed E-state index contributed by atoms with van der Waals surface area (Å²) in [5.74, 6) is -0.242. The Morgan fingerprint density at radius 3 is 2.70 bits per heavy atom. The Balaban J connectivity index is 2.02. The van der Waals surface area contributed by atoms with Gasteiger partial charge < -0.3 is 0 Å². The Hall–Kier alpha value is -1.46. The Morgan fingerprint density at radius 2 is 2.00 bits per heavy atom. The highest BCUT2D eigenvalue weighted by Gasteiger charge is 2.03. The summed E-state index contributed by atoms with van der Waals surface area (Å²) < 4.78 is 1.87. The van der Waals surface area contributed by atoms with Crippen LogP contribution in [0.2, 0.25) is 0 Å². The molecule has 0 aromatic heterocycles. The van der Waals surface area contributed by atoms with Crippen LogP contribution in [0.15, 0.2) is 56.5 Å². The van der Waals surface area contributed by atoms with Gasteiger partial charge >= 0.3 is 0 Å². The second-order valence-electron chi connectivity index (χ2n) is 4.22. The van der Waals surface area contributed by atoms with Crippen LogP contribution < -0.4 is 5.43 Å². The number of nitrogens with one attached hydrogen (secondary N) is 1. The van der Waals surface area contributed by atoms with Gasteiger partial charge in [-0.1, -0.05) is 50.1 Å². The van der Waals surface area contributed by atoms with Gasteiger partial charge in [0.2, 0.25) is 0 Å². The number of benzene rings is 2. The minimum absolute atomic E-state index is 0.242. The summed E-state index contributed by atoms with van der Waals surface area (Å²) in [6.07, 6.45) is 1.61. The highest BCUT2D eigenvalue weighted by atomic mass is 79.9. The zero-order valence-electron chi connectivity index (χ0n) is 10.7. The molecule has 1 N–H and O–H groups in total. The van der Waals surface area contributed by atoms with Crippen LogP contribution in [0.1, 0.15) is 21.5 Å². The van der Waals surface area contributed by atoms with Crippen LogP contribution in [-0.2, 0) is 0 Å². The summed E-state index contributed by atoms with van der Waals surface area (Å²) in [6.45, 7) is 2.01. The number of nitrogens with zero attached hydrogens (tertiary/aromatic N) is 1. The maximum Gasteiger partial charge on any atom is 0.271 e. The molecule has 2 rings (SSSR count). The summed E-state index contributed by atoms with van der Waals surface area (Å²) in [5.41, 5.74) is 5.13. The minimum atomic E-state index is -0.242. The van der Waals surface area contributed by atoms with E-state index in [0.717, 1.165) is 20.1 Å². The van der Waals surface area contributed by atoms with Crippen molar-refractivity contribution in [1.29, 1.82) is 0 Å². The monoisotopic (exact) mass is 394 g/mol. The van der Waals surface area contributed by atoms with Crippen molar-refractivity contribution in [1.82, 2.24) is 5.43 Å². The van der Waals surface area contributed by atoms with Crippen molar-refractivity contribution in [2.75, 3.05) is 0 Å². The molecular weight excluding hydrogens is 384 g/mol. The first-order valence-electron chi connectivity index (χ1n) is 5.91. The van der Waals surface area contributed by atoms with Gasteiger partial charge in [-0.2, -0.15) is 5.10 Å². The normalized spacial score (nSPS) is 10.8. The SMILES string of the molecule is Cc1ccc(/C=N\NC(=O)c2cccc(Br)c2)cc1Br. The highest BCUT2D eigenvalue weighted by molar-refractivity contribution is 9.10. The van der Waals surface area contributed by atoms with Crippen LogP contribution >= 0.6 is 31.9 Å². The smallest absolute Gasteiger partial charge is 0.267 e. The fourth-order valence-electron chi connectivity index (χ4n) is 1.55. The van der Waals surface area contributed by atoms with E-state index in [1.807, 2.05) is 31.2 Å². The molecule has 2 aromatic carbocycles. The average molecular weight is 396 g/mol. The number of aryl methyl sites for hydroxylation is 1. The van der Waals surface area contributed by atoms with Crippen LogP contribution in [0.3, 0.4) is 0 Å².